The zero-order chi connectivity index (χ0) is 20.6. The first-order valence-corrected chi connectivity index (χ1v) is 9.38. The maximum atomic E-state index is 12.4. The summed E-state index contributed by atoms with van der Waals surface area (Å²) in [6, 6.07) is 17.2. The van der Waals surface area contributed by atoms with Gasteiger partial charge in [0.15, 0.2) is 0 Å². The summed E-state index contributed by atoms with van der Waals surface area (Å²) >= 11 is 0. The molecule has 1 amide bonds. The lowest BCUT2D eigenvalue weighted by molar-refractivity contribution is 0.0954. The lowest BCUT2D eigenvalue weighted by Crippen LogP contribution is -2.25. The van der Waals surface area contributed by atoms with E-state index in [1.54, 1.807) is 32.5 Å². The number of benzene rings is 2. The first kappa shape index (κ1) is 20.2. The molecule has 0 radical (unpaired) electrons. The zero-order valence-corrected chi connectivity index (χ0v) is 16.9. The molecule has 6 nitrogen and oxygen atoms in total. The van der Waals surface area contributed by atoms with Gasteiger partial charge in [-0.25, -0.2) is 4.98 Å². The first-order valence-electron chi connectivity index (χ1n) is 9.38. The second-order valence-electron chi connectivity index (χ2n) is 6.62. The SMILES string of the molecule is COc1cccc(CCNC(=O)c2ccc(Nc3cc(C)ccc3OC)nc2)c1. The Kier molecular flexibility index (Phi) is 6.68. The topological polar surface area (TPSA) is 72.5 Å². The number of rotatable bonds is 8. The summed E-state index contributed by atoms with van der Waals surface area (Å²) in [5.41, 5.74) is 3.56. The summed E-state index contributed by atoms with van der Waals surface area (Å²) in [6.07, 6.45) is 2.29. The van der Waals surface area contributed by atoms with Crippen molar-refractivity contribution >= 4 is 17.4 Å². The van der Waals surface area contributed by atoms with Crippen molar-refractivity contribution in [3.63, 3.8) is 0 Å². The summed E-state index contributed by atoms with van der Waals surface area (Å²) in [4.78, 5) is 16.7. The number of aryl methyl sites for hydroxylation is 1. The molecule has 6 heteroatoms. The molecule has 0 aliphatic heterocycles. The minimum absolute atomic E-state index is 0.153. The Hall–Kier alpha value is -3.54. The largest absolute Gasteiger partial charge is 0.497 e. The van der Waals surface area contributed by atoms with Crippen LogP contribution in [0.4, 0.5) is 11.5 Å². The average molecular weight is 391 g/mol. The summed E-state index contributed by atoms with van der Waals surface area (Å²) < 4.78 is 10.6. The normalized spacial score (nSPS) is 10.3. The third kappa shape index (κ3) is 5.48. The molecular formula is C23H25N3O3. The summed E-state index contributed by atoms with van der Waals surface area (Å²) in [6.45, 7) is 2.55. The molecule has 0 saturated heterocycles. The van der Waals surface area contributed by atoms with Crippen LogP contribution in [0.3, 0.4) is 0 Å². The highest BCUT2D eigenvalue weighted by Gasteiger charge is 2.08. The van der Waals surface area contributed by atoms with Gasteiger partial charge in [-0.15, -0.1) is 0 Å². The van der Waals surface area contributed by atoms with Crippen LogP contribution in [-0.2, 0) is 6.42 Å². The van der Waals surface area contributed by atoms with Gasteiger partial charge in [0.05, 0.1) is 25.5 Å². The lowest BCUT2D eigenvalue weighted by atomic mass is 10.1. The van der Waals surface area contributed by atoms with Crippen LogP contribution in [0.25, 0.3) is 0 Å². The highest BCUT2D eigenvalue weighted by atomic mass is 16.5. The van der Waals surface area contributed by atoms with E-state index in [1.807, 2.05) is 49.4 Å². The minimum Gasteiger partial charge on any atom is -0.497 e. The highest BCUT2D eigenvalue weighted by molar-refractivity contribution is 5.94. The van der Waals surface area contributed by atoms with E-state index >= 15 is 0 Å². The Morgan fingerprint density at radius 2 is 1.90 bits per heavy atom. The second kappa shape index (κ2) is 9.59. The molecular weight excluding hydrogens is 366 g/mol. The van der Waals surface area contributed by atoms with Gasteiger partial charge in [0.2, 0.25) is 0 Å². The maximum absolute atomic E-state index is 12.4. The van der Waals surface area contributed by atoms with Crippen LogP contribution in [0.5, 0.6) is 11.5 Å². The first-order chi connectivity index (χ1) is 14.1. The maximum Gasteiger partial charge on any atom is 0.252 e. The fourth-order valence-electron chi connectivity index (χ4n) is 2.91. The van der Waals surface area contributed by atoms with Gasteiger partial charge >= 0.3 is 0 Å². The molecule has 2 aromatic carbocycles. The Balaban J connectivity index is 1.56. The van der Waals surface area contributed by atoms with Gasteiger partial charge in [-0.05, 0) is 60.9 Å². The molecule has 150 valence electrons. The molecule has 1 heterocycles. The predicted molar refractivity (Wildman–Crippen MR) is 114 cm³/mol. The number of aromatic nitrogens is 1. The van der Waals surface area contributed by atoms with E-state index in [4.69, 9.17) is 9.47 Å². The second-order valence-corrected chi connectivity index (χ2v) is 6.62. The van der Waals surface area contributed by atoms with E-state index in [0.29, 0.717) is 17.9 Å². The van der Waals surface area contributed by atoms with Crippen LogP contribution in [0, 0.1) is 6.92 Å². The summed E-state index contributed by atoms with van der Waals surface area (Å²) in [5.74, 6) is 2.03. The molecule has 0 aliphatic carbocycles. The van der Waals surface area contributed by atoms with E-state index in [1.165, 1.54) is 0 Å². The highest BCUT2D eigenvalue weighted by Crippen LogP contribution is 2.27. The summed E-state index contributed by atoms with van der Waals surface area (Å²) in [7, 11) is 3.27. The van der Waals surface area contributed by atoms with Crippen LogP contribution < -0.4 is 20.1 Å². The Morgan fingerprint density at radius 3 is 2.62 bits per heavy atom. The Labute approximate surface area is 170 Å². The molecule has 0 atom stereocenters. The van der Waals surface area contributed by atoms with Crippen molar-refractivity contribution in [2.75, 3.05) is 26.1 Å². The Bertz CT molecular complexity index is 971. The molecule has 0 unspecified atom stereocenters. The van der Waals surface area contributed by atoms with Gasteiger partial charge in [-0.3, -0.25) is 4.79 Å². The number of ether oxygens (including phenoxy) is 2. The van der Waals surface area contributed by atoms with Gasteiger partial charge in [0.1, 0.15) is 17.3 Å². The number of amides is 1. The monoisotopic (exact) mass is 391 g/mol. The number of methoxy groups -OCH3 is 2. The zero-order valence-electron chi connectivity index (χ0n) is 16.9. The van der Waals surface area contributed by atoms with Crippen LogP contribution in [0.15, 0.2) is 60.8 Å². The van der Waals surface area contributed by atoms with Gasteiger partial charge in [-0.2, -0.15) is 0 Å². The lowest BCUT2D eigenvalue weighted by Gasteiger charge is -2.12. The van der Waals surface area contributed by atoms with E-state index in [9.17, 15) is 4.79 Å². The van der Waals surface area contributed by atoms with Crippen molar-refractivity contribution in [1.82, 2.24) is 10.3 Å². The standard InChI is InChI=1S/C23H25N3O3/c1-16-7-9-21(29-3)20(13-16)26-22-10-8-18(15-25-22)23(27)24-12-11-17-5-4-6-19(14-17)28-2/h4-10,13-15H,11-12H2,1-3H3,(H,24,27)(H,25,26). The number of nitrogens with one attached hydrogen (secondary N) is 2. The van der Waals surface area contributed by atoms with E-state index in [-0.39, 0.29) is 5.91 Å². The van der Waals surface area contributed by atoms with E-state index < -0.39 is 0 Å². The molecule has 0 bridgehead atoms. The van der Waals surface area contributed by atoms with Crippen molar-refractivity contribution in [3.05, 3.63) is 77.5 Å². The number of anilines is 2. The van der Waals surface area contributed by atoms with Crippen LogP contribution >= 0.6 is 0 Å². The number of hydrogen-bond donors (Lipinski definition) is 2. The van der Waals surface area contributed by atoms with Crippen molar-refractivity contribution in [2.24, 2.45) is 0 Å². The number of pyridine rings is 1. The molecule has 29 heavy (non-hydrogen) atoms. The van der Waals surface area contributed by atoms with Gasteiger partial charge in [0.25, 0.3) is 5.91 Å². The third-order valence-corrected chi connectivity index (χ3v) is 4.48. The van der Waals surface area contributed by atoms with Crippen molar-refractivity contribution in [3.8, 4) is 11.5 Å². The molecule has 0 fully saturated rings. The van der Waals surface area contributed by atoms with E-state index in [0.717, 1.165) is 34.7 Å². The third-order valence-electron chi connectivity index (χ3n) is 4.48. The predicted octanol–water partition coefficient (Wildman–Crippen LogP) is 4.12. The van der Waals surface area contributed by atoms with Gasteiger partial charge in [0, 0.05) is 12.7 Å². The molecule has 0 saturated carbocycles. The number of nitrogens with zero attached hydrogens (tertiary/aromatic N) is 1. The fourth-order valence-corrected chi connectivity index (χ4v) is 2.91. The molecule has 3 aromatic rings. The minimum atomic E-state index is -0.153. The molecule has 1 aromatic heterocycles. The van der Waals surface area contributed by atoms with Crippen molar-refractivity contribution in [2.45, 2.75) is 13.3 Å². The van der Waals surface area contributed by atoms with Crippen molar-refractivity contribution < 1.29 is 14.3 Å². The number of carbonyl (C=O) groups excluding carboxylic acids is 1. The molecule has 0 spiro atoms. The number of carbonyl (C=O) groups is 1. The molecule has 3 rings (SSSR count). The van der Waals surface area contributed by atoms with Crippen molar-refractivity contribution in [1.29, 1.82) is 0 Å². The van der Waals surface area contributed by atoms with Crippen LogP contribution in [0.1, 0.15) is 21.5 Å². The smallest absolute Gasteiger partial charge is 0.252 e. The van der Waals surface area contributed by atoms with Gasteiger partial charge in [-0.1, -0.05) is 18.2 Å². The summed E-state index contributed by atoms with van der Waals surface area (Å²) in [5, 5.41) is 6.15. The van der Waals surface area contributed by atoms with Gasteiger partial charge < -0.3 is 20.1 Å². The van der Waals surface area contributed by atoms with Crippen LogP contribution in [-0.4, -0.2) is 31.7 Å². The molecule has 2 N–H and O–H groups in total. The van der Waals surface area contributed by atoms with E-state index in [2.05, 4.69) is 15.6 Å². The number of hydrogen-bond acceptors (Lipinski definition) is 5. The fraction of sp³-hybridized carbons (Fsp3) is 0.217. The van der Waals surface area contributed by atoms with Crippen LogP contribution in [0.2, 0.25) is 0 Å². The molecule has 0 aliphatic rings. The Morgan fingerprint density at radius 1 is 1.03 bits per heavy atom. The average Bonchev–Trinajstić information content (AvgIpc) is 2.74. The quantitative estimate of drug-likeness (QED) is 0.604.